The number of rotatable bonds is 18. The van der Waals surface area contributed by atoms with Crippen LogP contribution in [0.5, 0.6) is 5.75 Å². The maximum atomic E-state index is 10.5. The zero-order chi connectivity index (χ0) is 20.5. The molecule has 1 heteroatoms. The number of para-hydroxylation sites is 1. The molecule has 1 N–H and O–H groups in total. The molecule has 0 aliphatic rings. The molecule has 0 bridgehead atoms. The quantitative estimate of drug-likeness (QED) is 0.248. The molecule has 28 heavy (non-hydrogen) atoms. The molecule has 0 aliphatic heterocycles. The Morgan fingerprint density at radius 1 is 0.679 bits per heavy atom. The lowest BCUT2D eigenvalue weighted by Crippen LogP contribution is -1.97. The summed E-state index contributed by atoms with van der Waals surface area (Å²) < 4.78 is 0. The van der Waals surface area contributed by atoms with Crippen molar-refractivity contribution in [1.82, 2.24) is 0 Å². The molecular formula is C27H48O. The zero-order valence-electron chi connectivity index (χ0n) is 19.3. The van der Waals surface area contributed by atoms with Crippen LogP contribution in [0.1, 0.15) is 141 Å². The summed E-state index contributed by atoms with van der Waals surface area (Å²) >= 11 is 0. The molecule has 0 heterocycles. The molecule has 0 aromatic heterocycles. The third-order valence-electron chi connectivity index (χ3n) is 6.19. The SMILES string of the molecule is CCCCCCCCCCCCCCCCC(C)c1cccc(CCC)c1O. The molecule has 0 saturated heterocycles. The van der Waals surface area contributed by atoms with Crippen molar-refractivity contribution in [3.05, 3.63) is 29.3 Å². The minimum atomic E-state index is 0.467. The average molecular weight is 389 g/mol. The molecule has 0 saturated carbocycles. The summed E-state index contributed by atoms with van der Waals surface area (Å²) in [5, 5.41) is 10.5. The fourth-order valence-electron chi connectivity index (χ4n) is 4.28. The van der Waals surface area contributed by atoms with Crippen LogP contribution in [-0.2, 0) is 6.42 Å². The number of benzene rings is 1. The van der Waals surface area contributed by atoms with Gasteiger partial charge in [-0.2, -0.15) is 0 Å². The number of aromatic hydroxyl groups is 1. The molecule has 0 spiro atoms. The summed E-state index contributed by atoms with van der Waals surface area (Å²) in [6.45, 7) is 6.73. The van der Waals surface area contributed by atoms with Crippen molar-refractivity contribution in [2.45, 2.75) is 136 Å². The molecule has 0 radical (unpaired) electrons. The van der Waals surface area contributed by atoms with Gasteiger partial charge in [-0.05, 0) is 29.9 Å². The van der Waals surface area contributed by atoms with E-state index in [2.05, 4.69) is 39.0 Å². The number of unbranched alkanes of at least 4 members (excludes halogenated alkanes) is 13. The van der Waals surface area contributed by atoms with Gasteiger partial charge in [-0.3, -0.25) is 0 Å². The molecule has 1 atom stereocenters. The first-order valence-electron chi connectivity index (χ1n) is 12.5. The second-order valence-corrected chi connectivity index (χ2v) is 8.89. The smallest absolute Gasteiger partial charge is 0.122 e. The van der Waals surface area contributed by atoms with Gasteiger partial charge in [-0.15, -0.1) is 0 Å². The number of hydrogen-bond donors (Lipinski definition) is 1. The Hall–Kier alpha value is -0.980. The Morgan fingerprint density at radius 3 is 1.68 bits per heavy atom. The normalized spacial score (nSPS) is 12.4. The van der Waals surface area contributed by atoms with Gasteiger partial charge in [0, 0.05) is 0 Å². The number of aryl methyl sites for hydroxylation is 1. The molecule has 1 aromatic carbocycles. The maximum absolute atomic E-state index is 10.5. The van der Waals surface area contributed by atoms with Crippen molar-refractivity contribution in [1.29, 1.82) is 0 Å². The van der Waals surface area contributed by atoms with E-state index >= 15 is 0 Å². The predicted molar refractivity (Wildman–Crippen MR) is 125 cm³/mol. The van der Waals surface area contributed by atoms with Crippen molar-refractivity contribution < 1.29 is 5.11 Å². The van der Waals surface area contributed by atoms with E-state index in [4.69, 9.17) is 0 Å². The Balaban J connectivity index is 1.99. The molecule has 1 unspecified atom stereocenters. The third-order valence-corrected chi connectivity index (χ3v) is 6.19. The topological polar surface area (TPSA) is 20.2 Å². The fraction of sp³-hybridized carbons (Fsp3) is 0.778. The van der Waals surface area contributed by atoms with E-state index in [9.17, 15) is 5.11 Å². The van der Waals surface area contributed by atoms with E-state index in [0.717, 1.165) is 24.0 Å². The predicted octanol–water partition coefficient (Wildman–Crippen LogP) is 9.32. The van der Waals surface area contributed by atoms with Crippen LogP contribution >= 0.6 is 0 Å². The number of phenols is 1. The highest BCUT2D eigenvalue weighted by Crippen LogP contribution is 2.32. The van der Waals surface area contributed by atoms with Gasteiger partial charge in [0.15, 0.2) is 0 Å². The lowest BCUT2D eigenvalue weighted by atomic mass is 9.91. The maximum Gasteiger partial charge on any atom is 0.122 e. The van der Waals surface area contributed by atoms with E-state index in [1.54, 1.807) is 0 Å². The van der Waals surface area contributed by atoms with E-state index in [-0.39, 0.29) is 0 Å². The molecule has 0 fully saturated rings. The van der Waals surface area contributed by atoms with Crippen LogP contribution < -0.4 is 0 Å². The van der Waals surface area contributed by atoms with Gasteiger partial charge in [-0.1, -0.05) is 135 Å². The molecule has 0 aliphatic carbocycles. The van der Waals surface area contributed by atoms with Crippen molar-refractivity contribution in [2.75, 3.05) is 0 Å². The van der Waals surface area contributed by atoms with Gasteiger partial charge in [0.25, 0.3) is 0 Å². The van der Waals surface area contributed by atoms with Gasteiger partial charge in [0.1, 0.15) is 5.75 Å². The molecule has 1 nitrogen and oxygen atoms in total. The van der Waals surface area contributed by atoms with Crippen molar-refractivity contribution in [2.24, 2.45) is 0 Å². The van der Waals surface area contributed by atoms with Crippen LogP contribution in [-0.4, -0.2) is 5.11 Å². The molecular weight excluding hydrogens is 340 g/mol. The molecule has 162 valence electrons. The summed E-state index contributed by atoms with van der Waals surface area (Å²) in [4.78, 5) is 0. The third kappa shape index (κ3) is 11.1. The molecule has 0 amide bonds. The highest BCUT2D eigenvalue weighted by molar-refractivity contribution is 5.42. The Labute approximate surface area is 176 Å². The second-order valence-electron chi connectivity index (χ2n) is 8.89. The van der Waals surface area contributed by atoms with Crippen LogP contribution in [0, 0.1) is 0 Å². The molecule has 1 aromatic rings. The van der Waals surface area contributed by atoms with Gasteiger partial charge in [0.05, 0.1) is 0 Å². The Morgan fingerprint density at radius 2 is 1.18 bits per heavy atom. The minimum Gasteiger partial charge on any atom is -0.507 e. The zero-order valence-corrected chi connectivity index (χ0v) is 19.3. The van der Waals surface area contributed by atoms with Crippen LogP contribution in [0.15, 0.2) is 18.2 Å². The first-order chi connectivity index (χ1) is 13.7. The van der Waals surface area contributed by atoms with Gasteiger partial charge in [0.2, 0.25) is 0 Å². The van der Waals surface area contributed by atoms with Crippen molar-refractivity contribution in [3.63, 3.8) is 0 Å². The first-order valence-corrected chi connectivity index (χ1v) is 12.5. The number of phenolic OH excluding ortho intramolecular Hbond substituents is 1. The lowest BCUT2D eigenvalue weighted by molar-refractivity contribution is 0.450. The largest absolute Gasteiger partial charge is 0.507 e. The van der Waals surface area contributed by atoms with Crippen LogP contribution in [0.3, 0.4) is 0 Å². The Kier molecular flexibility index (Phi) is 15.1. The number of hydrogen-bond acceptors (Lipinski definition) is 1. The minimum absolute atomic E-state index is 0.467. The van der Waals surface area contributed by atoms with Crippen molar-refractivity contribution in [3.8, 4) is 5.75 Å². The fourth-order valence-corrected chi connectivity index (χ4v) is 4.28. The van der Waals surface area contributed by atoms with Crippen LogP contribution in [0.2, 0.25) is 0 Å². The van der Waals surface area contributed by atoms with Crippen LogP contribution in [0.4, 0.5) is 0 Å². The summed E-state index contributed by atoms with van der Waals surface area (Å²) in [7, 11) is 0. The highest BCUT2D eigenvalue weighted by atomic mass is 16.3. The highest BCUT2D eigenvalue weighted by Gasteiger charge is 2.12. The van der Waals surface area contributed by atoms with E-state index in [1.807, 2.05) is 0 Å². The first kappa shape index (κ1) is 25.1. The van der Waals surface area contributed by atoms with Gasteiger partial charge >= 0.3 is 0 Å². The summed E-state index contributed by atoms with van der Waals surface area (Å²) in [6.07, 6.45) is 23.0. The Bertz CT molecular complexity index is 479. The second kappa shape index (κ2) is 16.9. The van der Waals surface area contributed by atoms with Gasteiger partial charge in [-0.25, -0.2) is 0 Å². The van der Waals surface area contributed by atoms with E-state index in [1.165, 1.54) is 96.3 Å². The average Bonchev–Trinajstić information content (AvgIpc) is 2.70. The van der Waals surface area contributed by atoms with Crippen molar-refractivity contribution >= 4 is 0 Å². The summed E-state index contributed by atoms with van der Waals surface area (Å²) in [6, 6.07) is 6.30. The monoisotopic (exact) mass is 388 g/mol. The summed E-state index contributed by atoms with van der Waals surface area (Å²) in [5.74, 6) is 1.02. The van der Waals surface area contributed by atoms with Gasteiger partial charge < -0.3 is 5.11 Å². The lowest BCUT2D eigenvalue weighted by Gasteiger charge is -2.16. The molecule has 1 rings (SSSR count). The van der Waals surface area contributed by atoms with E-state index in [0.29, 0.717) is 11.7 Å². The van der Waals surface area contributed by atoms with E-state index < -0.39 is 0 Å². The standard InChI is InChI=1S/C27H48O/c1-4-6-7-8-9-10-11-12-13-14-15-16-17-18-21-24(3)26-23-19-22-25(20-5-2)27(26)28/h19,22-24,28H,4-18,20-21H2,1-3H3. The van der Waals surface area contributed by atoms with Crippen LogP contribution in [0.25, 0.3) is 0 Å². The summed E-state index contributed by atoms with van der Waals surface area (Å²) in [5.41, 5.74) is 2.27.